The van der Waals surface area contributed by atoms with Crippen molar-refractivity contribution >= 4 is 5.97 Å². The van der Waals surface area contributed by atoms with Gasteiger partial charge in [-0.3, -0.25) is 0 Å². The molecular weight excluding hydrogens is 554 g/mol. The van der Waals surface area contributed by atoms with Crippen LogP contribution in [0.4, 0.5) is 79.0 Å². The summed E-state index contributed by atoms with van der Waals surface area (Å²) in [5.74, 6) is -74.2. The minimum Gasteiger partial charge on any atom is -0.456 e. The zero-order valence-corrected chi connectivity index (χ0v) is 16.5. The summed E-state index contributed by atoms with van der Waals surface area (Å²) in [6, 6.07) is 0. The summed E-state index contributed by atoms with van der Waals surface area (Å²) in [6.07, 6.45) is 0. The van der Waals surface area contributed by atoms with Gasteiger partial charge >= 0.3 is 59.3 Å². The molecule has 35 heavy (non-hydrogen) atoms. The molecule has 0 saturated heterocycles. The molecule has 0 aromatic carbocycles. The summed E-state index contributed by atoms with van der Waals surface area (Å²) in [5, 5.41) is 0. The summed E-state index contributed by atoms with van der Waals surface area (Å²) < 4.78 is 243. The van der Waals surface area contributed by atoms with Crippen LogP contribution in [0.25, 0.3) is 0 Å². The van der Waals surface area contributed by atoms with E-state index in [0.29, 0.717) is 6.92 Å². The lowest BCUT2D eigenvalue weighted by molar-refractivity contribution is -0.462. The standard InChI is InChI=1S/C15H10F18O2/c1-5(2)6(34)35-4-8(18,19)10(22,23)12(26,27)14(30,31)15(32,33)13(28,29)11(24,25)9(20,21)7(3,16)17/h1,4H2,2-3H3. The number of rotatable bonds is 11. The van der Waals surface area contributed by atoms with Crippen LogP contribution >= 0.6 is 0 Å². The van der Waals surface area contributed by atoms with Gasteiger partial charge in [-0.25, -0.2) is 4.79 Å². The van der Waals surface area contributed by atoms with Crippen molar-refractivity contribution in [1.29, 1.82) is 0 Å². The van der Waals surface area contributed by atoms with Crippen molar-refractivity contribution in [2.24, 2.45) is 0 Å². The van der Waals surface area contributed by atoms with Crippen LogP contribution in [0.15, 0.2) is 12.2 Å². The lowest BCUT2D eigenvalue weighted by Crippen LogP contribution is -2.76. The molecule has 208 valence electrons. The van der Waals surface area contributed by atoms with Crippen LogP contribution in [0.5, 0.6) is 0 Å². The van der Waals surface area contributed by atoms with Gasteiger partial charge in [-0.1, -0.05) is 6.58 Å². The van der Waals surface area contributed by atoms with Gasteiger partial charge in [-0.2, -0.15) is 79.0 Å². The summed E-state index contributed by atoms with van der Waals surface area (Å²) in [5.41, 5.74) is -0.900. The molecule has 0 bridgehead atoms. The Hall–Kier alpha value is -2.05. The molecule has 0 aromatic rings. The second kappa shape index (κ2) is 8.52. The average molecular weight is 564 g/mol. The van der Waals surface area contributed by atoms with Crippen LogP contribution in [0.2, 0.25) is 0 Å². The molecule has 0 spiro atoms. The molecule has 0 aliphatic heterocycles. The van der Waals surface area contributed by atoms with E-state index < -0.39 is 78.4 Å². The molecule has 0 heterocycles. The summed E-state index contributed by atoms with van der Waals surface area (Å²) in [4.78, 5) is 10.9. The maximum Gasteiger partial charge on any atom is 0.385 e. The molecule has 0 amide bonds. The van der Waals surface area contributed by atoms with Crippen LogP contribution in [0.3, 0.4) is 0 Å². The van der Waals surface area contributed by atoms with Crippen molar-refractivity contribution in [3.8, 4) is 0 Å². The number of ether oxygens (including phenoxy) is 1. The minimum atomic E-state index is -8.82. The molecular formula is C15H10F18O2. The topological polar surface area (TPSA) is 26.3 Å². The third kappa shape index (κ3) is 4.48. The first kappa shape index (κ1) is 32.9. The van der Waals surface area contributed by atoms with E-state index in [1.54, 1.807) is 0 Å². The normalized spacial score (nSPS) is 15.8. The van der Waals surface area contributed by atoms with E-state index in [1.165, 1.54) is 0 Å². The Morgan fingerprint density at radius 1 is 0.571 bits per heavy atom. The smallest absolute Gasteiger partial charge is 0.385 e. The van der Waals surface area contributed by atoms with Crippen LogP contribution in [0.1, 0.15) is 13.8 Å². The van der Waals surface area contributed by atoms with Crippen LogP contribution < -0.4 is 0 Å². The highest BCUT2D eigenvalue weighted by molar-refractivity contribution is 5.86. The molecule has 0 aliphatic rings. The number of hydrogen-bond donors (Lipinski definition) is 0. The Labute approximate surface area is 181 Å². The van der Waals surface area contributed by atoms with Crippen molar-refractivity contribution in [2.75, 3.05) is 6.61 Å². The molecule has 0 atom stereocenters. The van der Waals surface area contributed by atoms with Crippen molar-refractivity contribution in [1.82, 2.24) is 0 Å². The van der Waals surface area contributed by atoms with Gasteiger partial charge in [0.15, 0.2) is 6.61 Å². The van der Waals surface area contributed by atoms with Crippen molar-refractivity contribution in [3.05, 3.63) is 12.2 Å². The Bertz CT molecular complexity index is 822. The fraction of sp³-hybridized carbons (Fsp3) is 0.800. The van der Waals surface area contributed by atoms with Gasteiger partial charge in [0.05, 0.1) is 0 Å². The first-order valence-corrected chi connectivity index (χ1v) is 8.06. The van der Waals surface area contributed by atoms with Gasteiger partial charge in [-0.15, -0.1) is 0 Å². The highest BCUT2D eigenvalue weighted by Gasteiger charge is 2.96. The molecule has 0 fully saturated rings. The molecule has 0 rings (SSSR count). The maximum atomic E-state index is 13.6. The van der Waals surface area contributed by atoms with Crippen LogP contribution in [0, 0.1) is 0 Å². The lowest BCUT2D eigenvalue weighted by Gasteiger charge is -2.44. The first-order valence-electron chi connectivity index (χ1n) is 8.06. The fourth-order valence-corrected chi connectivity index (χ4v) is 1.86. The Morgan fingerprint density at radius 2 is 0.829 bits per heavy atom. The first-order chi connectivity index (χ1) is 14.8. The fourth-order valence-electron chi connectivity index (χ4n) is 1.86. The average Bonchev–Trinajstić information content (AvgIpc) is 2.63. The largest absolute Gasteiger partial charge is 0.456 e. The van der Waals surface area contributed by atoms with Crippen molar-refractivity contribution in [3.63, 3.8) is 0 Å². The molecule has 0 aromatic heterocycles. The predicted molar refractivity (Wildman–Crippen MR) is 76.0 cm³/mol. The van der Waals surface area contributed by atoms with Gasteiger partial charge in [0.1, 0.15) is 0 Å². The zero-order valence-electron chi connectivity index (χ0n) is 16.5. The second-order valence-electron chi connectivity index (χ2n) is 6.97. The zero-order chi connectivity index (χ0) is 29.1. The van der Waals surface area contributed by atoms with E-state index in [2.05, 4.69) is 11.3 Å². The summed E-state index contributed by atoms with van der Waals surface area (Å²) in [7, 11) is 0. The van der Waals surface area contributed by atoms with Gasteiger partial charge in [0.25, 0.3) is 0 Å². The molecule has 0 saturated carbocycles. The van der Waals surface area contributed by atoms with Crippen molar-refractivity contribution in [2.45, 2.75) is 67.2 Å². The Kier molecular flexibility index (Phi) is 8.02. The van der Waals surface area contributed by atoms with Gasteiger partial charge < -0.3 is 4.74 Å². The quantitative estimate of drug-likeness (QED) is 0.156. The Morgan fingerprint density at radius 3 is 1.09 bits per heavy atom. The minimum absolute atomic E-state index is 0.639. The number of esters is 1. The SMILES string of the molecule is C=C(C)C(=O)OCC(F)(F)C(F)(F)C(F)(F)C(F)(F)C(F)(F)C(F)(F)C(F)(F)C(F)(F)C(C)(F)F. The van der Waals surface area contributed by atoms with E-state index in [1.807, 2.05) is 0 Å². The van der Waals surface area contributed by atoms with E-state index in [-0.39, 0.29) is 0 Å². The number of carbonyl (C=O) groups is 1. The third-order valence-corrected chi connectivity index (χ3v) is 4.11. The summed E-state index contributed by atoms with van der Waals surface area (Å²) >= 11 is 0. The molecule has 2 nitrogen and oxygen atoms in total. The second-order valence-corrected chi connectivity index (χ2v) is 6.97. The lowest BCUT2D eigenvalue weighted by atomic mass is 9.86. The van der Waals surface area contributed by atoms with E-state index >= 15 is 0 Å². The van der Waals surface area contributed by atoms with Crippen molar-refractivity contribution < 1.29 is 88.6 Å². The summed E-state index contributed by atoms with van der Waals surface area (Å²) in [6.45, 7) is -1.32. The number of hydrogen-bond acceptors (Lipinski definition) is 2. The maximum absolute atomic E-state index is 13.6. The Balaban J connectivity index is 6.74. The van der Waals surface area contributed by atoms with Gasteiger partial charge in [0, 0.05) is 12.5 Å². The highest BCUT2D eigenvalue weighted by atomic mass is 19.4. The van der Waals surface area contributed by atoms with E-state index in [9.17, 15) is 83.8 Å². The van der Waals surface area contributed by atoms with Gasteiger partial charge in [0.2, 0.25) is 0 Å². The number of carbonyl (C=O) groups excluding carboxylic acids is 1. The number of alkyl halides is 18. The van der Waals surface area contributed by atoms with E-state index in [0.717, 1.165) is 0 Å². The highest BCUT2D eigenvalue weighted by Crippen LogP contribution is 2.65. The molecule has 0 aliphatic carbocycles. The third-order valence-electron chi connectivity index (χ3n) is 4.11. The number of halogens is 18. The van der Waals surface area contributed by atoms with E-state index in [4.69, 9.17) is 0 Å². The molecule has 0 N–H and O–H groups in total. The molecule has 0 unspecified atom stereocenters. The monoisotopic (exact) mass is 564 g/mol. The van der Waals surface area contributed by atoms with Crippen LogP contribution in [-0.2, 0) is 9.53 Å². The van der Waals surface area contributed by atoms with Gasteiger partial charge in [-0.05, 0) is 6.92 Å². The van der Waals surface area contributed by atoms with Crippen LogP contribution in [-0.4, -0.2) is 65.9 Å². The predicted octanol–water partition coefficient (Wildman–Crippen LogP) is 6.84. The molecule has 20 heteroatoms. The molecule has 0 radical (unpaired) electrons.